The Morgan fingerprint density at radius 3 is 2.60 bits per heavy atom. The summed E-state index contributed by atoms with van der Waals surface area (Å²) >= 11 is 0. The van der Waals surface area contributed by atoms with Gasteiger partial charge in [0.25, 0.3) is 0 Å². The first-order valence-electron chi connectivity index (χ1n) is 7.79. The number of nitrogens with zero attached hydrogens (tertiary/aromatic N) is 2. The Hall–Kier alpha value is -3.28. The molecule has 0 aliphatic carbocycles. The van der Waals surface area contributed by atoms with Crippen molar-refractivity contribution in [3.63, 3.8) is 0 Å². The van der Waals surface area contributed by atoms with Gasteiger partial charge in [0.15, 0.2) is 11.6 Å². The number of benzene rings is 1. The van der Waals surface area contributed by atoms with E-state index >= 15 is 0 Å². The molecule has 25 heavy (non-hydrogen) atoms. The Morgan fingerprint density at radius 1 is 1.04 bits per heavy atom. The summed E-state index contributed by atoms with van der Waals surface area (Å²) in [6.07, 6.45) is 3.13. The Balaban J connectivity index is 1.68. The van der Waals surface area contributed by atoms with Gasteiger partial charge < -0.3 is 11.1 Å². The fraction of sp³-hybridized carbons (Fsp3) is 0.105. The zero-order valence-corrected chi connectivity index (χ0v) is 13.4. The smallest absolute Gasteiger partial charge is 0.188 e. The van der Waals surface area contributed by atoms with Crippen LogP contribution in [0.15, 0.2) is 60.9 Å². The standard InChI is InChI=1S/C19H17FN4O/c20-15-6-2-8-22-18(15)17(25)11-13-4-1-5-14(10-13)12-24-16-7-3-9-23-19(16)21/h1-10,24H,11-12H2,(H2,21,23). The highest BCUT2D eigenvalue weighted by Crippen LogP contribution is 2.16. The van der Waals surface area contributed by atoms with E-state index in [1.807, 2.05) is 30.3 Å². The normalized spacial score (nSPS) is 10.4. The van der Waals surface area contributed by atoms with Crippen molar-refractivity contribution in [3.8, 4) is 0 Å². The Morgan fingerprint density at radius 2 is 1.80 bits per heavy atom. The topological polar surface area (TPSA) is 80.9 Å². The predicted molar refractivity (Wildman–Crippen MR) is 94.6 cm³/mol. The largest absolute Gasteiger partial charge is 0.382 e. The number of anilines is 2. The van der Waals surface area contributed by atoms with Gasteiger partial charge >= 0.3 is 0 Å². The molecule has 3 N–H and O–H groups in total. The molecule has 6 heteroatoms. The molecular weight excluding hydrogens is 319 g/mol. The Labute approximate surface area is 144 Å². The molecule has 0 saturated heterocycles. The second-order valence-corrected chi connectivity index (χ2v) is 5.54. The van der Waals surface area contributed by atoms with E-state index in [0.29, 0.717) is 12.4 Å². The number of pyridine rings is 2. The van der Waals surface area contributed by atoms with Crippen LogP contribution in [0.3, 0.4) is 0 Å². The van der Waals surface area contributed by atoms with Crippen molar-refractivity contribution < 1.29 is 9.18 Å². The maximum Gasteiger partial charge on any atom is 0.188 e. The SMILES string of the molecule is Nc1ncccc1NCc1cccc(CC(=O)c2ncccc2F)c1. The number of ketones is 1. The average Bonchev–Trinajstić information content (AvgIpc) is 2.62. The van der Waals surface area contributed by atoms with Crippen LogP contribution in [0.5, 0.6) is 0 Å². The zero-order valence-electron chi connectivity index (χ0n) is 13.4. The lowest BCUT2D eigenvalue weighted by Crippen LogP contribution is -2.09. The Kier molecular flexibility index (Phi) is 4.99. The molecular formula is C19H17FN4O. The monoisotopic (exact) mass is 336 g/mol. The van der Waals surface area contributed by atoms with Crippen molar-refractivity contribution >= 4 is 17.3 Å². The van der Waals surface area contributed by atoms with Crippen molar-refractivity contribution in [1.82, 2.24) is 9.97 Å². The van der Waals surface area contributed by atoms with Gasteiger partial charge in [-0.1, -0.05) is 24.3 Å². The molecule has 126 valence electrons. The molecule has 5 nitrogen and oxygen atoms in total. The van der Waals surface area contributed by atoms with Crippen LogP contribution in [-0.2, 0) is 13.0 Å². The van der Waals surface area contributed by atoms with Crippen molar-refractivity contribution in [2.24, 2.45) is 0 Å². The number of nitrogens with one attached hydrogen (secondary N) is 1. The van der Waals surface area contributed by atoms with Crippen molar-refractivity contribution in [1.29, 1.82) is 0 Å². The summed E-state index contributed by atoms with van der Waals surface area (Å²) in [4.78, 5) is 20.1. The van der Waals surface area contributed by atoms with Gasteiger partial charge in [0.05, 0.1) is 5.69 Å². The second kappa shape index (κ2) is 7.53. The number of Topliss-reactive ketones (excluding diaryl/α,β-unsaturated/α-hetero) is 1. The Bertz CT molecular complexity index is 898. The van der Waals surface area contributed by atoms with Crippen LogP contribution < -0.4 is 11.1 Å². The summed E-state index contributed by atoms with van der Waals surface area (Å²) in [5.74, 6) is -0.517. The van der Waals surface area contributed by atoms with E-state index in [2.05, 4.69) is 15.3 Å². The number of halogens is 1. The maximum absolute atomic E-state index is 13.7. The highest BCUT2D eigenvalue weighted by atomic mass is 19.1. The third kappa shape index (κ3) is 4.17. The van der Waals surface area contributed by atoms with Crippen molar-refractivity contribution in [3.05, 3.63) is 83.6 Å². The molecule has 3 aromatic rings. The molecule has 0 bridgehead atoms. The molecule has 0 aliphatic heterocycles. The molecule has 0 atom stereocenters. The number of hydrogen-bond acceptors (Lipinski definition) is 5. The van der Waals surface area contributed by atoms with Gasteiger partial charge in [0, 0.05) is 25.4 Å². The molecule has 0 fully saturated rings. The van der Waals surface area contributed by atoms with E-state index < -0.39 is 5.82 Å². The molecule has 2 heterocycles. The van der Waals surface area contributed by atoms with Crippen LogP contribution in [0.25, 0.3) is 0 Å². The van der Waals surface area contributed by atoms with Crippen LogP contribution in [0.4, 0.5) is 15.9 Å². The number of nitrogen functional groups attached to an aromatic ring is 1. The average molecular weight is 336 g/mol. The third-order valence-electron chi connectivity index (χ3n) is 3.70. The summed E-state index contributed by atoms with van der Waals surface area (Å²) < 4.78 is 13.7. The van der Waals surface area contributed by atoms with E-state index in [-0.39, 0.29) is 17.9 Å². The number of carbonyl (C=O) groups is 1. The van der Waals surface area contributed by atoms with E-state index in [1.165, 1.54) is 18.3 Å². The lowest BCUT2D eigenvalue weighted by molar-refractivity contribution is 0.0984. The molecule has 0 spiro atoms. The molecule has 1 aromatic carbocycles. The van der Waals surface area contributed by atoms with E-state index in [1.54, 1.807) is 12.3 Å². The first kappa shape index (κ1) is 16.6. The van der Waals surface area contributed by atoms with Gasteiger partial charge in [-0.25, -0.2) is 9.37 Å². The van der Waals surface area contributed by atoms with E-state index in [4.69, 9.17) is 5.73 Å². The minimum atomic E-state index is -0.600. The molecule has 0 amide bonds. The fourth-order valence-corrected chi connectivity index (χ4v) is 2.47. The molecule has 0 saturated carbocycles. The van der Waals surface area contributed by atoms with Gasteiger partial charge in [-0.05, 0) is 35.4 Å². The summed E-state index contributed by atoms with van der Waals surface area (Å²) in [5.41, 5.74) is 8.20. The van der Waals surface area contributed by atoms with Crippen LogP contribution in [0.2, 0.25) is 0 Å². The van der Waals surface area contributed by atoms with Gasteiger partial charge in [0.2, 0.25) is 0 Å². The van der Waals surface area contributed by atoms with Crippen LogP contribution in [0.1, 0.15) is 21.6 Å². The summed E-state index contributed by atoms with van der Waals surface area (Å²) in [5, 5.41) is 3.21. The quantitative estimate of drug-likeness (QED) is 0.676. The lowest BCUT2D eigenvalue weighted by atomic mass is 10.0. The third-order valence-corrected chi connectivity index (χ3v) is 3.70. The highest BCUT2D eigenvalue weighted by molar-refractivity contribution is 5.95. The molecule has 3 rings (SSSR count). The van der Waals surface area contributed by atoms with Crippen LogP contribution in [-0.4, -0.2) is 15.8 Å². The molecule has 0 radical (unpaired) electrons. The van der Waals surface area contributed by atoms with Gasteiger partial charge in [0.1, 0.15) is 11.5 Å². The lowest BCUT2D eigenvalue weighted by Gasteiger charge is -2.09. The maximum atomic E-state index is 13.7. The fourth-order valence-electron chi connectivity index (χ4n) is 2.47. The predicted octanol–water partition coefficient (Wildman–Crippen LogP) is 3.24. The first-order valence-corrected chi connectivity index (χ1v) is 7.79. The summed E-state index contributed by atoms with van der Waals surface area (Å²) in [6, 6.07) is 13.9. The van der Waals surface area contributed by atoms with E-state index in [9.17, 15) is 9.18 Å². The zero-order chi connectivity index (χ0) is 17.6. The summed E-state index contributed by atoms with van der Waals surface area (Å²) in [6.45, 7) is 0.538. The number of aromatic nitrogens is 2. The molecule has 0 aliphatic rings. The van der Waals surface area contributed by atoms with Crippen molar-refractivity contribution in [2.45, 2.75) is 13.0 Å². The molecule has 0 unspecified atom stereocenters. The number of carbonyl (C=O) groups excluding carboxylic acids is 1. The second-order valence-electron chi connectivity index (χ2n) is 5.54. The van der Waals surface area contributed by atoms with Crippen molar-refractivity contribution in [2.75, 3.05) is 11.1 Å². The first-order chi connectivity index (χ1) is 12.1. The number of rotatable bonds is 6. The van der Waals surface area contributed by atoms with Gasteiger partial charge in [-0.15, -0.1) is 0 Å². The number of nitrogens with two attached hydrogens (primary N) is 1. The van der Waals surface area contributed by atoms with Crippen LogP contribution >= 0.6 is 0 Å². The van der Waals surface area contributed by atoms with Crippen LogP contribution in [0, 0.1) is 5.82 Å². The van der Waals surface area contributed by atoms with E-state index in [0.717, 1.165) is 16.8 Å². The minimum absolute atomic E-state index is 0.0941. The minimum Gasteiger partial charge on any atom is -0.382 e. The van der Waals surface area contributed by atoms with Gasteiger partial charge in [-0.2, -0.15) is 0 Å². The number of hydrogen-bond donors (Lipinski definition) is 2. The summed E-state index contributed by atoms with van der Waals surface area (Å²) in [7, 11) is 0. The van der Waals surface area contributed by atoms with Gasteiger partial charge in [-0.3, -0.25) is 9.78 Å². The highest BCUT2D eigenvalue weighted by Gasteiger charge is 2.13. The molecule has 2 aromatic heterocycles.